The minimum atomic E-state index is -0.405. The van der Waals surface area contributed by atoms with Crippen molar-refractivity contribution in [1.29, 1.82) is 0 Å². The van der Waals surface area contributed by atoms with Crippen LogP contribution in [0.25, 0.3) is 32.5 Å². The SMILES string of the molecule is CC(C)Cc1cc2c(c(N)[nH+]1)c(=O)oc1ccc3ccccc3c12. The summed E-state index contributed by atoms with van der Waals surface area (Å²) in [6.07, 6.45) is 0.868. The molecule has 4 nitrogen and oxygen atoms in total. The summed E-state index contributed by atoms with van der Waals surface area (Å²) in [5, 5.41) is 4.38. The van der Waals surface area contributed by atoms with Crippen molar-refractivity contribution in [3.63, 3.8) is 0 Å². The summed E-state index contributed by atoms with van der Waals surface area (Å²) in [5.74, 6) is 0.855. The topological polar surface area (TPSA) is 70.4 Å². The molecule has 0 radical (unpaired) electrons. The molecule has 0 amide bonds. The molecule has 0 saturated heterocycles. The molecule has 4 rings (SSSR count). The fourth-order valence-electron chi connectivity index (χ4n) is 3.40. The maximum atomic E-state index is 12.4. The summed E-state index contributed by atoms with van der Waals surface area (Å²) in [5.41, 5.74) is 7.36. The maximum absolute atomic E-state index is 12.4. The first-order valence-corrected chi connectivity index (χ1v) is 8.13. The number of H-pyrrole nitrogens is 1. The average Bonchev–Trinajstić information content (AvgIpc) is 2.53. The third-order valence-corrected chi connectivity index (χ3v) is 4.35. The molecule has 0 aliphatic heterocycles. The number of nitrogen functional groups attached to an aromatic ring is 1. The lowest BCUT2D eigenvalue weighted by atomic mass is 9.99. The Bertz CT molecular complexity index is 1140. The Morgan fingerprint density at radius 3 is 2.67 bits per heavy atom. The monoisotopic (exact) mass is 319 g/mol. The number of hydrogen-bond donors (Lipinski definition) is 1. The van der Waals surface area contributed by atoms with E-state index >= 15 is 0 Å². The number of anilines is 1. The van der Waals surface area contributed by atoms with Crippen molar-refractivity contribution < 1.29 is 9.40 Å². The smallest absolute Gasteiger partial charge is 0.352 e. The number of pyridine rings is 1. The second-order valence-corrected chi connectivity index (χ2v) is 6.64. The molecule has 2 aromatic carbocycles. The Labute approximate surface area is 138 Å². The van der Waals surface area contributed by atoms with Crippen molar-refractivity contribution in [3.05, 3.63) is 58.6 Å². The lowest BCUT2D eigenvalue weighted by molar-refractivity contribution is -0.372. The van der Waals surface area contributed by atoms with Gasteiger partial charge in [0.15, 0.2) is 5.39 Å². The number of hydrogen-bond acceptors (Lipinski definition) is 3. The largest absolute Gasteiger partial charge is 0.422 e. The Balaban J connectivity index is 2.24. The van der Waals surface area contributed by atoms with E-state index in [1.54, 1.807) is 0 Å². The van der Waals surface area contributed by atoms with Gasteiger partial charge in [-0.1, -0.05) is 44.2 Å². The molecule has 2 aromatic heterocycles. The van der Waals surface area contributed by atoms with E-state index in [1.807, 2.05) is 36.4 Å². The lowest BCUT2D eigenvalue weighted by Crippen LogP contribution is -2.21. The van der Waals surface area contributed by atoms with Gasteiger partial charge in [-0.3, -0.25) is 5.73 Å². The van der Waals surface area contributed by atoms with Crippen LogP contribution in [0.1, 0.15) is 19.5 Å². The lowest BCUT2D eigenvalue weighted by Gasteiger charge is -2.08. The van der Waals surface area contributed by atoms with Crippen LogP contribution < -0.4 is 16.3 Å². The maximum Gasteiger partial charge on any atom is 0.352 e. The van der Waals surface area contributed by atoms with E-state index in [4.69, 9.17) is 10.2 Å². The predicted molar refractivity (Wildman–Crippen MR) is 97.0 cm³/mol. The van der Waals surface area contributed by atoms with E-state index in [0.717, 1.165) is 33.7 Å². The summed E-state index contributed by atoms with van der Waals surface area (Å²) in [6.45, 7) is 4.31. The van der Waals surface area contributed by atoms with Crippen LogP contribution in [0.15, 0.2) is 51.7 Å². The number of rotatable bonds is 2. The molecule has 24 heavy (non-hydrogen) atoms. The summed E-state index contributed by atoms with van der Waals surface area (Å²) >= 11 is 0. The summed E-state index contributed by atoms with van der Waals surface area (Å²) in [7, 11) is 0. The quantitative estimate of drug-likeness (QED) is 0.452. The highest BCUT2D eigenvalue weighted by Crippen LogP contribution is 2.31. The Morgan fingerprint density at radius 2 is 1.88 bits per heavy atom. The highest BCUT2D eigenvalue weighted by Gasteiger charge is 2.18. The Hall–Kier alpha value is -2.88. The van der Waals surface area contributed by atoms with Gasteiger partial charge >= 0.3 is 5.63 Å². The number of fused-ring (bicyclic) bond motifs is 5. The minimum absolute atomic E-state index is 0.367. The van der Waals surface area contributed by atoms with Gasteiger partial charge in [-0.2, -0.15) is 0 Å². The summed E-state index contributed by atoms with van der Waals surface area (Å²) in [4.78, 5) is 15.6. The van der Waals surface area contributed by atoms with E-state index in [1.165, 1.54) is 0 Å². The van der Waals surface area contributed by atoms with Crippen molar-refractivity contribution in [2.45, 2.75) is 20.3 Å². The zero-order chi connectivity index (χ0) is 16.8. The average molecular weight is 319 g/mol. The van der Waals surface area contributed by atoms with Crippen molar-refractivity contribution in [2.75, 3.05) is 5.73 Å². The van der Waals surface area contributed by atoms with Gasteiger partial charge in [-0.15, -0.1) is 0 Å². The Morgan fingerprint density at radius 1 is 1.08 bits per heavy atom. The van der Waals surface area contributed by atoms with Crippen molar-refractivity contribution in [2.24, 2.45) is 5.92 Å². The minimum Gasteiger partial charge on any atom is -0.422 e. The van der Waals surface area contributed by atoms with Gasteiger partial charge in [0.05, 0.1) is 0 Å². The van der Waals surface area contributed by atoms with E-state index < -0.39 is 5.63 Å². The van der Waals surface area contributed by atoms with Crippen LogP contribution in [-0.4, -0.2) is 0 Å². The molecule has 0 aliphatic rings. The van der Waals surface area contributed by atoms with Crippen LogP contribution in [0, 0.1) is 5.92 Å². The van der Waals surface area contributed by atoms with E-state index in [2.05, 4.69) is 24.9 Å². The Kier molecular flexibility index (Phi) is 3.27. The molecular weight excluding hydrogens is 300 g/mol. The highest BCUT2D eigenvalue weighted by atomic mass is 16.4. The number of aromatic amines is 1. The zero-order valence-electron chi connectivity index (χ0n) is 13.7. The number of aromatic nitrogens is 1. The normalized spacial score (nSPS) is 11.8. The zero-order valence-corrected chi connectivity index (χ0v) is 13.7. The molecule has 0 fully saturated rings. The molecule has 0 spiro atoms. The van der Waals surface area contributed by atoms with Crippen molar-refractivity contribution >= 4 is 38.3 Å². The number of nitrogens with two attached hydrogens (primary N) is 1. The predicted octanol–water partition coefficient (Wildman–Crippen LogP) is 3.69. The van der Waals surface area contributed by atoms with Gasteiger partial charge in [0.1, 0.15) is 11.3 Å². The van der Waals surface area contributed by atoms with Gasteiger partial charge in [-0.05, 0) is 28.8 Å². The third kappa shape index (κ3) is 2.22. The fourth-order valence-corrected chi connectivity index (χ4v) is 3.40. The first-order valence-electron chi connectivity index (χ1n) is 8.13. The van der Waals surface area contributed by atoms with Crippen molar-refractivity contribution in [3.8, 4) is 0 Å². The molecular formula is C20H19N2O2+. The van der Waals surface area contributed by atoms with Crippen LogP contribution in [-0.2, 0) is 6.42 Å². The van der Waals surface area contributed by atoms with Crippen LogP contribution in [0.2, 0.25) is 0 Å². The van der Waals surface area contributed by atoms with E-state index in [-0.39, 0.29) is 0 Å². The van der Waals surface area contributed by atoms with Gasteiger partial charge in [0.25, 0.3) is 5.82 Å². The summed E-state index contributed by atoms with van der Waals surface area (Å²) < 4.78 is 5.53. The van der Waals surface area contributed by atoms with Crippen LogP contribution in [0.4, 0.5) is 5.82 Å². The van der Waals surface area contributed by atoms with Crippen LogP contribution in [0.5, 0.6) is 0 Å². The van der Waals surface area contributed by atoms with E-state index in [9.17, 15) is 4.79 Å². The summed E-state index contributed by atoms with van der Waals surface area (Å²) in [6, 6.07) is 14.0. The van der Waals surface area contributed by atoms with Gasteiger partial charge in [0.2, 0.25) is 0 Å². The molecule has 0 unspecified atom stereocenters. The first-order chi connectivity index (χ1) is 11.5. The molecule has 2 heterocycles. The highest BCUT2D eigenvalue weighted by molar-refractivity contribution is 6.19. The molecule has 120 valence electrons. The molecule has 0 bridgehead atoms. The third-order valence-electron chi connectivity index (χ3n) is 4.35. The number of benzene rings is 2. The van der Waals surface area contributed by atoms with Gasteiger partial charge in [0, 0.05) is 17.2 Å². The second-order valence-electron chi connectivity index (χ2n) is 6.64. The number of nitrogens with one attached hydrogen (secondary N) is 1. The molecule has 4 heteroatoms. The van der Waals surface area contributed by atoms with Gasteiger partial charge in [-0.25, -0.2) is 9.78 Å². The molecule has 3 N–H and O–H groups in total. The van der Waals surface area contributed by atoms with Gasteiger partial charge < -0.3 is 4.42 Å². The second kappa shape index (κ2) is 5.34. The molecule has 0 aliphatic carbocycles. The molecule has 4 aromatic rings. The van der Waals surface area contributed by atoms with E-state index in [0.29, 0.717) is 22.7 Å². The molecule has 0 saturated carbocycles. The van der Waals surface area contributed by atoms with Crippen LogP contribution in [0.3, 0.4) is 0 Å². The van der Waals surface area contributed by atoms with Crippen LogP contribution >= 0.6 is 0 Å². The standard InChI is InChI=1S/C20H18N2O2/c1-11(2)9-13-10-15-17-14-6-4-3-5-12(14)7-8-16(17)24-20(23)18(15)19(21)22-13/h3-8,10-11H,9H2,1-2H3,(H2,21,22)/p+1. The van der Waals surface area contributed by atoms with Crippen molar-refractivity contribution in [1.82, 2.24) is 0 Å². The fraction of sp³-hybridized carbons (Fsp3) is 0.200. The first kappa shape index (κ1) is 14.7. The molecule has 0 atom stereocenters.